The van der Waals surface area contributed by atoms with Crippen LogP contribution in [-0.2, 0) is 6.61 Å². The lowest BCUT2D eigenvalue weighted by atomic mass is 10.1. The third kappa shape index (κ3) is 5.12. The third-order valence-corrected chi connectivity index (χ3v) is 5.50. The van der Waals surface area contributed by atoms with Gasteiger partial charge in [-0.05, 0) is 48.9 Å². The quantitative estimate of drug-likeness (QED) is 0.630. The maximum absolute atomic E-state index is 12.9. The highest BCUT2D eigenvalue weighted by Gasteiger charge is 2.25. The zero-order valence-electron chi connectivity index (χ0n) is 17.7. The molecule has 2 amide bonds. The fraction of sp³-hybridized carbons (Fsp3) is 0.231. The van der Waals surface area contributed by atoms with E-state index in [9.17, 15) is 9.59 Å². The van der Waals surface area contributed by atoms with Crippen LogP contribution in [0.1, 0.15) is 31.8 Å². The summed E-state index contributed by atoms with van der Waals surface area (Å²) in [6, 6.07) is 24.8. The Morgan fingerprint density at radius 2 is 1.19 bits per heavy atom. The Labute approximate surface area is 182 Å². The number of rotatable bonds is 5. The fourth-order valence-electron chi connectivity index (χ4n) is 3.60. The van der Waals surface area contributed by atoms with E-state index >= 15 is 0 Å². The molecule has 1 aliphatic heterocycles. The van der Waals surface area contributed by atoms with Gasteiger partial charge in [0.15, 0.2) is 0 Å². The predicted molar refractivity (Wildman–Crippen MR) is 120 cm³/mol. The van der Waals surface area contributed by atoms with Crippen LogP contribution in [0.5, 0.6) is 5.75 Å². The van der Waals surface area contributed by atoms with Crippen LogP contribution in [-0.4, -0.2) is 47.8 Å². The van der Waals surface area contributed by atoms with Crippen LogP contribution < -0.4 is 4.74 Å². The van der Waals surface area contributed by atoms with E-state index in [1.165, 1.54) is 0 Å². The van der Waals surface area contributed by atoms with Gasteiger partial charge in [0.25, 0.3) is 11.8 Å². The number of ether oxygens (including phenoxy) is 1. The number of hydrogen-bond acceptors (Lipinski definition) is 3. The van der Waals surface area contributed by atoms with E-state index in [0.29, 0.717) is 43.9 Å². The number of aryl methyl sites for hydroxylation is 1. The first kappa shape index (κ1) is 20.7. The minimum absolute atomic E-state index is 0.00189. The van der Waals surface area contributed by atoms with E-state index in [-0.39, 0.29) is 11.8 Å². The number of piperazine rings is 1. The van der Waals surface area contributed by atoms with E-state index < -0.39 is 0 Å². The topological polar surface area (TPSA) is 49.9 Å². The van der Waals surface area contributed by atoms with Gasteiger partial charge in [-0.15, -0.1) is 0 Å². The summed E-state index contributed by atoms with van der Waals surface area (Å²) in [6.07, 6.45) is 0. The summed E-state index contributed by atoms with van der Waals surface area (Å²) in [5.74, 6) is 0.841. The van der Waals surface area contributed by atoms with Crippen LogP contribution in [0.3, 0.4) is 0 Å². The molecule has 5 heteroatoms. The Balaban J connectivity index is 1.30. The highest BCUT2D eigenvalue weighted by Crippen LogP contribution is 2.15. The van der Waals surface area contributed by atoms with Crippen molar-refractivity contribution < 1.29 is 14.3 Å². The molecule has 3 aromatic rings. The second-order valence-electron chi connectivity index (χ2n) is 7.75. The molecule has 1 heterocycles. The van der Waals surface area contributed by atoms with Gasteiger partial charge in [-0.25, -0.2) is 0 Å². The second-order valence-corrected chi connectivity index (χ2v) is 7.75. The highest BCUT2D eigenvalue weighted by atomic mass is 16.5. The molecule has 1 fully saturated rings. The number of hydrogen-bond donors (Lipinski definition) is 0. The van der Waals surface area contributed by atoms with E-state index in [4.69, 9.17) is 4.74 Å². The van der Waals surface area contributed by atoms with Crippen molar-refractivity contribution in [2.75, 3.05) is 26.2 Å². The molecule has 0 spiro atoms. The Hall–Kier alpha value is -3.60. The molecule has 0 bridgehead atoms. The monoisotopic (exact) mass is 414 g/mol. The lowest BCUT2D eigenvalue weighted by Gasteiger charge is -2.35. The summed E-state index contributed by atoms with van der Waals surface area (Å²) in [5, 5.41) is 0. The van der Waals surface area contributed by atoms with Crippen LogP contribution in [0.25, 0.3) is 0 Å². The van der Waals surface area contributed by atoms with Gasteiger partial charge in [0.05, 0.1) is 0 Å². The molecule has 3 aromatic carbocycles. The van der Waals surface area contributed by atoms with Crippen molar-refractivity contribution in [3.8, 4) is 5.75 Å². The van der Waals surface area contributed by atoms with Crippen molar-refractivity contribution in [3.05, 3.63) is 101 Å². The van der Waals surface area contributed by atoms with Gasteiger partial charge >= 0.3 is 0 Å². The first-order chi connectivity index (χ1) is 15.1. The molecule has 1 saturated heterocycles. The van der Waals surface area contributed by atoms with Crippen LogP contribution in [0.2, 0.25) is 0 Å². The van der Waals surface area contributed by atoms with Gasteiger partial charge in [0.2, 0.25) is 0 Å². The first-order valence-electron chi connectivity index (χ1n) is 10.5. The van der Waals surface area contributed by atoms with Gasteiger partial charge in [-0.3, -0.25) is 9.59 Å². The standard InChI is InChI=1S/C26H26N2O3/c1-20-7-11-22(12-8-20)25(29)27-15-17-28(18-16-27)26(30)23-13-9-21(10-14-23)19-31-24-5-3-2-4-6-24/h2-14H,15-19H2,1H3. The van der Waals surface area contributed by atoms with Crippen LogP contribution in [0.15, 0.2) is 78.9 Å². The molecule has 0 atom stereocenters. The highest BCUT2D eigenvalue weighted by molar-refractivity contribution is 5.96. The van der Waals surface area contributed by atoms with E-state index in [0.717, 1.165) is 16.9 Å². The van der Waals surface area contributed by atoms with Crippen LogP contribution in [0, 0.1) is 6.92 Å². The lowest BCUT2D eigenvalue weighted by Crippen LogP contribution is -2.50. The minimum atomic E-state index is -0.00189. The van der Waals surface area contributed by atoms with E-state index in [1.54, 1.807) is 0 Å². The number of amides is 2. The average Bonchev–Trinajstić information content (AvgIpc) is 2.83. The summed E-state index contributed by atoms with van der Waals surface area (Å²) in [5.41, 5.74) is 3.49. The summed E-state index contributed by atoms with van der Waals surface area (Å²) < 4.78 is 5.75. The van der Waals surface area contributed by atoms with Crippen molar-refractivity contribution >= 4 is 11.8 Å². The normalized spacial score (nSPS) is 13.7. The molecule has 0 aliphatic carbocycles. The van der Waals surface area contributed by atoms with Gasteiger partial charge in [0.1, 0.15) is 12.4 Å². The molecule has 158 valence electrons. The Morgan fingerprint density at radius 3 is 1.71 bits per heavy atom. The Bertz CT molecular complexity index is 1020. The summed E-state index contributed by atoms with van der Waals surface area (Å²) in [7, 11) is 0. The van der Waals surface area contributed by atoms with Crippen molar-refractivity contribution in [3.63, 3.8) is 0 Å². The van der Waals surface area contributed by atoms with E-state index in [1.807, 2.05) is 95.6 Å². The van der Waals surface area contributed by atoms with Crippen LogP contribution in [0.4, 0.5) is 0 Å². The van der Waals surface area contributed by atoms with Gasteiger partial charge in [-0.2, -0.15) is 0 Å². The number of nitrogens with zero attached hydrogens (tertiary/aromatic N) is 2. The number of benzene rings is 3. The third-order valence-electron chi connectivity index (χ3n) is 5.50. The zero-order chi connectivity index (χ0) is 21.6. The maximum atomic E-state index is 12.9. The zero-order valence-corrected chi connectivity index (χ0v) is 17.7. The summed E-state index contributed by atoms with van der Waals surface area (Å²) in [4.78, 5) is 29.2. The summed E-state index contributed by atoms with van der Waals surface area (Å²) in [6.45, 7) is 4.62. The molecule has 4 rings (SSSR count). The van der Waals surface area contributed by atoms with Gasteiger partial charge in [0, 0.05) is 37.3 Å². The smallest absolute Gasteiger partial charge is 0.253 e. The molecule has 0 unspecified atom stereocenters. The predicted octanol–water partition coefficient (Wildman–Crippen LogP) is 4.17. The van der Waals surface area contributed by atoms with Crippen molar-refractivity contribution in [1.29, 1.82) is 0 Å². The Morgan fingerprint density at radius 1 is 0.710 bits per heavy atom. The average molecular weight is 415 g/mol. The molecule has 31 heavy (non-hydrogen) atoms. The fourth-order valence-corrected chi connectivity index (χ4v) is 3.60. The molecular weight excluding hydrogens is 388 g/mol. The van der Waals surface area contributed by atoms with E-state index in [2.05, 4.69) is 0 Å². The molecule has 0 N–H and O–H groups in total. The second kappa shape index (κ2) is 9.47. The molecule has 0 radical (unpaired) electrons. The molecule has 0 saturated carbocycles. The number of carbonyl (C=O) groups excluding carboxylic acids is 2. The molecular formula is C26H26N2O3. The number of para-hydroxylation sites is 1. The summed E-state index contributed by atoms with van der Waals surface area (Å²) >= 11 is 0. The number of carbonyl (C=O) groups is 2. The minimum Gasteiger partial charge on any atom is -0.489 e. The molecule has 1 aliphatic rings. The lowest BCUT2D eigenvalue weighted by molar-refractivity contribution is 0.0535. The largest absolute Gasteiger partial charge is 0.489 e. The van der Waals surface area contributed by atoms with Gasteiger partial charge in [-0.1, -0.05) is 48.0 Å². The molecule has 5 nitrogen and oxygen atoms in total. The Kier molecular flexibility index (Phi) is 6.32. The molecule has 0 aromatic heterocycles. The first-order valence-corrected chi connectivity index (χ1v) is 10.5. The van der Waals surface area contributed by atoms with Crippen molar-refractivity contribution in [2.45, 2.75) is 13.5 Å². The maximum Gasteiger partial charge on any atom is 0.253 e. The van der Waals surface area contributed by atoms with Crippen LogP contribution >= 0.6 is 0 Å². The van der Waals surface area contributed by atoms with Crippen molar-refractivity contribution in [1.82, 2.24) is 9.80 Å². The van der Waals surface area contributed by atoms with Crippen molar-refractivity contribution in [2.24, 2.45) is 0 Å². The SMILES string of the molecule is Cc1ccc(C(=O)N2CCN(C(=O)c3ccc(COc4ccccc4)cc3)CC2)cc1. The van der Waals surface area contributed by atoms with Gasteiger partial charge < -0.3 is 14.5 Å².